The van der Waals surface area contributed by atoms with Crippen LogP contribution in [0.15, 0.2) is 67.1 Å². The first-order valence-corrected chi connectivity index (χ1v) is 9.94. The zero-order chi connectivity index (χ0) is 20.9. The van der Waals surface area contributed by atoms with Crippen molar-refractivity contribution in [1.82, 2.24) is 19.9 Å². The first kappa shape index (κ1) is 19.6. The molecule has 2 aromatic heterocycles. The number of benzene rings is 2. The quantitative estimate of drug-likeness (QED) is 0.507. The fourth-order valence-electron chi connectivity index (χ4n) is 3.16. The second-order valence-electron chi connectivity index (χ2n) is 7.25. The Morgan fingerprint density at radius 3 is 2.70 bits per heavy atom. The van der Waals surface area contributed by atoms with Gasteiger partial charge in [-0.15, -0.1) is 0 Å². The number of carbonyl (C=O) groups is 1. The molecule has 0 unspecified atom stereocenters. The second-order valence-corrected chi connectivity index (χ2v) is 7.25. The van der Waals surface area contributed by atoms with Gasteiger partial charge in [0, 0.05) is 12.7 Å². The van der Waals surface area contributed by atoms with Crippen LogP contribution in [0.3, 0.4) is 0 Å². The minimum absolute atomic E-state index is 0.0523. The molecule has 0 radical (unpaired) electrons. The van der Waals surface area contributed by atoms with Gasteiger partial charge in [0.15, 0.2) is 0 Å². The number of ether oxygens (including phenoxy) is 1. The number of amides is 1. The summed E-state index contributed by atoms with van der Waals surface area (Å²) in [4.78, 5) is 21.0. The van der Waals surface area contributed by atoms with Crippen LogP contribution in [0.25, 0.3) is 16.9 Å². The lowest BCUT2D eigenvalue weighted by Crippen LogP contribution is -2.24. The van der Waals surface area contributed by atoms with Crippen LogP contribution in [0, 0.1) is 13.8 Å². The minimum Gasteiger partial charge on any atom is -0.493 e. The molecule has 0 saturated heterocycles. The molecule has 0 saturated carbocycles. The van der Waals surface area contributed by atoms with Crippen LogP contribution in [0.2, 0.25) is 0 Å². The maximum absolute atomic E-state index is 12.1. The normalized spacial score (nSPS) is 10.9. The first-order valence-electron chi connectivity index (χ1n) is 9.94. The summed E-state index contributed by atoms with van der Waals surface area (Å²) in [6, 6.07) is 17.8. The average molecular weight is 400 g/mol. The third kappa shape index (κ3) is 4.49. The van der Waals surface area contributed by atoms with Gasteiger partial charge < -0.3 is 10.1 Å². The number of hydrogen-bond donors (Lipinski definition) is 1. The Kier molecular flexibility index (Phi) is 5.75. The van der Waals surface area contributed by atoms with E-state index in [-0.39, 0.29) is 5.91 Å². The number of aromatic nitrogens is 3. The minimum atomic E-state index is -0.0523. The highest BCUT2D eigenvalue weighted by Gasteiger charge is 2.06. The first-order chi connectivity index (χ1) is 14.6. The van der Waals surface area contributed by atoms with E-state index in [1.54, 1.807) is 12.5 Å². The van der Waals surface area contributed by atoms with E-state index < -0.39 is 0 Å². The highest BCUT2D eigenvalue weighted by molar-refractivity contribution is 5.77. The van der Waals surface area contributed by atoms with Crippen molar-refractivity contribution in [2.24, 2.45) is 0 Å². The van der Waals surface area contributed by atoms with E-state index in [2.05, 4.69) is 22.2 Å². The molecule has 0 atom stereocenters. The number of rotatable bonds is 7. The van der Waals surface area contributed by atoms with Gasteiger partial charge in [0.05, 0.1) is 24.1 Å². The summed E-state index contributed by atoms with van der Waals surface area (Å²) in [5, 5.41) is 2.91. The van der Waals surface area contributed by atoms with Crippen LogP contribution in [0.4, 0.5) is 0 Å². The number of nitrogens with zero attached hydrogens (tertiary/aromatic N) is 3. The Labute approximate surface area is 175 Å². The predicted octanol–water partition coefficient (Wildman–Crippen LogP) is 4.12. The van der Waals surface area contributed by atoms with Crippen LogP contribution < -0.4 is 10.1 Å². The van der Waals surface area contributed by atoms with Crippen LogP contribution in [0.5, 0.6) is 5.75 Å². The lowest BCUT2D eigenvalue weighted by Gasteiger charge is -2.09. The van der Waals surface area contributed by atoms with Crippen molar-refractivity contribution < 1.29 is 9.53 Å². The van der Waals surface area contributed by atoms with Gasteiger partial charge in [-0.05, 0) is 60.9 Å². The summed E-state index contributed by atoms with van der Waals surface area (Å²) in [5.74, 6) is 1.53. The van der Waals surface area contributed by atoms with E-state index in [9.17, 15) is 4.79 Å². The van der Waals surface area contributed by atoms with Crippen molar-refractivity contribution in [2.75, 3.05) is 6.61 Å². The molecule has 6 nitrogen and oxygen atoms in total. The number of nitrogens with one attached hydrogen (secondary N) is 1. The monoisotopic (exact) mass is 400 g/mol. The molecule has 0 aliphatic heterocycles. The lowest BCUT2D eigenvalue weighted by atomic mass is 10.1. The summed E-state index contributed by atoms with van der Waals surface area (Å²) in [6.07, 6.45) is 3.85. The largest absolute Gasteiger partial charge is 0.493 e. The topological polar surface area (TPSA) is 69.0 Å². The molecule has 0 aliphatic carbocycles. The Balaban J connectivity index is 1.27. The molecule has 4 rings (SSSR count). The molecular weight excluding hydrogens is 376 g/mol. The molecule has 0 fully saturated rings. The van der Waals surface area contributed by atoms with Gasteiger partial charge >= 0.3 is 0 Å². The van der Waals surface area contributed by atoms with Crippen molar-refractivity contribution in [3.05, 3.63) is 83.8 Å². The Bertz CT molecular complexity index is 1170. The zero-order valence-electron chi connectivity index (χ0n) is 17.1. The van der Waals surface area contributed by atoms with Crippen LogP contribution in [-0.2, 0) is 11.3 Å². The second kappa shape index (κ2) is 8.78. The fourth-order valence-corrected chi connectivity index (χ4v) is 3.16. The number of hydrogen-bond acceptors (Lipinski definition) is 4. The number of aryl methyl sites for hydroxylation is 2. The number of imidazole rings is 1. The van der Waals surface area contributed by atoms with Gasteiger partial charge in [0.1, 0.15) is 17.9 Å². The van der Waals surface area contributed by atoms with Gasteiger partial charge in [0.2, 0.25) is 5.91 Å². The molecule has 152 valence electrons. The van der Waals surface area contributed by atoms with Crippen molar-refractivity contribution in [3.63, 3.8) is 0 Å². The van der Waals surface area contributed by atoms with Crippen molar-refractivity contribution in [1.29, 1.82) is 0 Å². The van der Waals surface area contributed by atoms with Crippen molar-refractivity contribution >= 4 is 16.9 Å². The van der Waals surface area contributed by atoms with Gasteiger partial charge in [0.25, 0.3) is 0 Å². The van der Waals surface area contributed by atoms with Crippen molar-refractivity contribution in [3.8, 4) is 11.6 Å². The molecule has 2 heterocycles. The zero-order valence-corrected chi connectivity index (χ0v) is 17.1. The van der Waals surface area contributed by atoms with E-state index in [0.717, 1.165) is 28.2 Å². The molecule has 0 aliphatic rings. The maximum atomic E-state index is 12.1. The van der Waals surface area contributed by atoms with Crippen LogP contribution >= 0.6 is 0 Å². The van der Waals surface area contributed by atoms with Crippen LogP contribution in [-0.4, -0.2) is 27.0 Å². The summed E-state index contributed by atoms with van der Waals surface area (Å²) in [6.45, 7) is 4.88. The van der Waals surface area contributed by atoms with Gasteiger partial charge in [-0.25, -0.2) is 9.97 Å². The lowest BCUT2D eigenvalue weighted by molar-refractivity contribution is -0.121. The third-order valence-electron chi connectivity index (χ3n) is 5.08. The van der Waals surface area contributed by atoms with E-state index >= 15 is 0 Å². The van der Waals surface area contributed by atoms with Crippen LogP contribution in [0.1, 0.15) is 23.1 Å². The third-order valence-corrected chi connectivity index (χ3v) is 5.08. The van der Waals surface area contributed by atoms with E-state index in [1.807, 2.05) is 66.1 Å². The smallest absolute Gasteiger partial charge is 0.223 e. The molecule has 0 bridgehead atoms. The average Bonchev–Trinajstić information content (AvgIpc) is 3.19. The SMILES string of the molecule is Cc1ccc(OCCC(=O)NCc2ccc(-n3cnc4ccccc43)nc2)cc1C. The highest BCUT2D eigenvalue weighted by atomic mass is 16.5. The summed E-state index contributed by atoms with van der Waals surface area (Å²) in [5.41, 5.74) is 5.28. The number of carbonyl (C=O) groups excluding carboxylic acids is 1. The molecule has 0 spiro atoms. The highest BCUT2D eigenvalue weighted by Crippen LogP contribution is 2.17. The van der Waals surface area contributed by atoms with Crippen molar-refractivity contribution in [2.45, 2.75) is 26.8 Å². The van der Waals surface area contributed by atoms with Gasteiger partial charge in [-0.2, -0.15) is 0 Å². The molecule has 1 amide bonds. The van der Waals surface area contributed by atoms with Gasteiger partial charge in [-0.3, -0.25) is 9.36 Å². The van der Waals surface area contributed by atoms with E-state index in [4.69, 9.17) is 4.74 Å². The van der Waals surface area contributed by atoms with Gasteiger partial charge in [-0.1, -0.05) is 24.3 Å². The molecular formula is C24H24N4O2. The Hall–Kier alpha value is -3.67. The molecule has 2 aromatic carbocycles. The number of fused-ring (bicyclic) bond motifs is 1. The number of pyridine rings is 1. The Morgan fingerprint density at radius 1 is 1.03 bits per heavy atom. The van der Waals surface area contributed by atoms with E-state index in [1.165, 1.54) is 11.1 Å². The molecule has 1 N–H and O–H groups in total. The maximum Gasteiger partial charge on any atom is 0.223 e. The summed E-state index contributed by atoms with van der Waals surface area (Å²) < 4.78 is 7.62. The Morgan fingerprint density at radius 2 is 1.90 bits per heavy atom. The standard InChI is InChI=1S/C24H24N4O2/c1-17-7-9-20(13-18(17)2)30-12-11-24(29)26-15-19-8-10-23(25-14-19)28-16-27-21-5-3-4-6-22(21)28/h3-10,13-14,16H,11-12,15H2,1-2H3,(H,26,29). The summed E-state index contributed by atoms with van der Waals surface area (Å²) in [7, 11) is 0. The van der Waals surface area contributed by atoms with E-state index in [0.29, 0.717) is 19.6 Å². The molecule has 6 heteroatoms. The predicted molar refractivity (Wildman–Crippen MR) is 117 cm³/mol. The number of para-hydroxylation sites is 2. The molecule has 4 aromatic rings. The summed E-state index contributed by atoms with van der Waals surface area (Å²) >= 11 is 0. The molecule has 30 heavy (non-hydrogen) atoms. The fraction of sp³-hybridized carbons (Fsp3) is 0.208.